The average molecular weight is 367 g/mol. The second-order valence-corrected chi connectivity index (χ2v) is 7.41. The molecule has 2 aliphatic rings. The fourth-order valence-corrected chi connectivity index (χ4v) is 3.85. The molecule has 0 unspecified atom stereocenters. The molecule has 0 bridgehead atoms. The van der Waals surface area contributed by atoms with Crippen molar-refractivity contribution < 1.29 is 9.53 Å². The number of cyclic esters (lactones) is 1. The smallest absolute Gasteiger partial charge is 0.337 e. The lowest BCUT2D eigenvalue weighted by Gasteiger charge is -2.29. The highest BCUT2D eigenvalue weighted by Crippen LogP contribution is 2.43. The largest absolute Gasteiger partial charge is 0.456 e. The molecule has 2 aliphatic heterocycles. The molecule has 0 spiro atoms. The summed E-state index contributed by atoms with van der Waals surface area (Å²) >= 11 is 0. The van der Waals surface area contributed by atoms with Gasteiger partial charge in [0.25, 0.3) is 5.56 Å². The third-order valence-electron chi connectivity index (χ3n) is 5.02. The number of fused-ring (bicyclic) bond motifs is 1. The molecule has 0 saturated carbocycles. The third-order valence-corrected chi connectivity index (χ3v) is 5.02. The van der Waals surface area contributed by atoms with E-state index >= 15 is 0 Å². The van der Waals surface area contributed by atoms with E-state index in [1.165, 1.54) is 0 Å². The van der Waals surface area contributed by atoms with Gasteiger partial charge in [-0.05, 0) is 24.0 Å². The van der Waals surface area contributed by atoms with Gasteiger partial charge in [0.15, 0.2) is 0 Å². The first-order valence-corrected chi connectivity index (χ1v) is 8.98. The molecule has 7 nitrogen and oxygen atoms in total. The molecule has 1 aromatic heterocycles. The van der Waals surface area contributed by atoms with Crippen LogP contribution in [0.25, 0.3) is 0 Å². The third kappa shape index (κ3) is 2.70. The molecule has 0 aliphatic carbocycles. The quantitative estimate of drug-likeness (QED) is 0.808. The molecule has 7 heteroatoms. The molecule has 4 rings (SSSR count). The van der Waals surface area contributed by atoms with Crippen molar-refractivity contribution in [1.29, 1.82) is 0 Å². The van der Waals surface area contributed by atoms with E-state index in [-0.39, 0.29) is 12.5 Å². The Morgan fingerprint density at radius 2 is 1.96 bits per heavy atom. The van der Waals surface area contributed by atoms with Gasteiger partial charge in [-0.15, -0.1) is 0 Å². The van der Waals surface area contributed by atoms with Crippen LogP contribution >= 0.6 is 0 Å². The van der Waals surface area contributed by atoms with Gasteiger partial charge in [-0.3, -0.25) is 14.3 Å². The van der Waals surface area contributed by atoms with E-state index in [4.69, 9.17) is 4.74 Å². The Labute approximate surface area is 155 Å². The molecule has 27 heavy (non-hydrogen) atoms. The molecular weight excluding hydrogens is 346 g/mol. The lowest BCUT2D eigenvalue weighted by Crippen LogP contribution is -2.39. The number of nitrogens with zero attached hydrogens (tertiary/aromatic N) is 1. The second kappa shape index (κ2) is 6.26. The lowest BCUT2D eigenvalue weighted by molar-refractivity contribution is -0.136. The minimum absolute atomic E-state index is 0.110. The Balaban J connectivity index is 2.05. The highest BCUT2D eigenvalue weighted by molar-refractivity contribution is 5.97. The van der Waals surface area contributed by atoms with Crippen molar-refractivity contribution in [1.82, 2.24) is 9.55 Å². The first-order chi connectivity index (χ1) is 12.9. The van der Waals surface area contributed by atoms with Crippen molar-refractivity contribution in [2.24, 2.45) is 5.92 Å². The molecule has 140 valence electrons. The minimum atomic E-state index is -0.574. The standard InChI is InChI=1S/C20H21N3O4/c1-10(2)8-23-17-16(18(24)22-20(23)26)14(12-7-5-4-6-11(12)3)15-13(21-17)9-27-19(15)25/h4-7,10,14,21H,8-9H2,1-3H3,(H,22,24,26)/t14-/m0/s1. The summed E-state index contributed by atoms with van der Waals surface area (Å²) in [4.78, 5) is 40.2. The Hall–Kier alpha value is -3.09. The number of aryl methyl sites for hydroxylation is 1. The van der Waals surface area contributed by atoms with Crippen LogP contribution in [-0.2, 0) is 16.1 Å². The normalized spacial score (nSPS) is 18.2. The van der Waals surface area contributed by atoms with Crippen molar-refractivity contribution in [3.63, 3.8) is 0 Å². The van der Waals surface area contributed by atoms with E-state index in [2.05, 4.69) is 10.3 Å². The van der Waals surface area contributed by atoms with Crippen molar-refractivity contribution in [2.75, 3.05) is 11.9 Å². The predicted octanol–water partition coefficient (Wildman–Crippen LogP) is 1.87. The van der Waals surface area contributed by atoms with E-state index in [1.807, 2.05) is 45.0 Å². The number of H-pyrrole nitrogens is 1. The molecular formula is C20H21N3O4. The highest BCUT2D eigenvalue weighted by atomic mass is 16.5. The number of rotatable bonds is 3. The van der Waals surface area contributed by atoms with Gasteiger partial charge in [0.1, 0.15) is 12.4 Å². The van der Waals surface area contributed by atoms with E-state index < -0.39 is 23.1 Å². The Bertz CT molecular complexity index is 1090. The summed E-state index contributed by atoms with van der Waals surface area (Å²) in [5.41, 5.74) is 2.30. The monoisotopic (exact) mass is 367 g/mol. The first-order valence-electron chi connectivity index (χ1n) is 8.98. The SMILES string of the molecule is Cc1ccccc1[C@H]1C2=C(COC2=O)Nc2c1c(=O)[nH]c(=O)n2CC(C)C. The maximum Gasteiger partial charge on any atom is 0.337 e. The van der Waals surface area contributed by atoms with Crippen LogP contribution in [0.4, 0.5) is 5.82 Å². The summed E-state index contributed by atoms with van der Waals surface area (Å²) in [5, 5.41) is 3.14. The van der Waals surface area contributed by atoms with Crippen LogP contribution in [0.15, 0.2) is 45.1 Å². The van der Waals surface area contributed by atoms with Crippen LogP contribution in [0.3, 0.4) is 0 Å². The van der Waals surface area contributed by atoms with Crippen LogP contribution in [-0.4, -0.2) is 22.1 Å². The molecule has 0 radical (unpaired) electrons. The zero-order valence-corrected chi connectivity index (χ0v) is 15.5. The Morgan fingerprint density at radius 1 is 1.22 bits per heavy atom. The van der Waals surface area contributed by atoms with Crippen LogP contribution < -0.4 is 16.6 Å². The van der Waals surface area contributed by atoms with Crippen LogP contribution in [0, 0.1) is 12.8 Å². The number of ether oxygens (including phenoxy) is 1. The molecule has 1 aromatic carbocycles. The fourth-order valence-electron chi connectivity index (χ4n) is 3.85. The zero-order valence-electron chi connectivity index (χ0n) is 15.5. The van der Waals surface area contributed by atoms with Gasteiger partial charge in [-0.1, -0.05) is 38.1 Å². The molecule has 0 fully saturated rings. The maximum absolute atomic E-state index is 12.8. The first kappa shape index (κ1) is 17.3. The number of esters is 1. The van der Waals surface area contributed by atoms with Gasteiger partial charge in [-0.2, -0.15) is 0 Å². The zero-order chi connectivity index (χ0) is 19.3. The molecule has 3 heterocycles. The second-order valence-electron chi connectivity index (χ2n) is 7.41. The number of carbonyl (C=O) groups is 1. The van der Waals surface area contributed by atoms with Gasteiger partial charge < -0.3 is 10.1 Å². The van der Waals surface area contributed by atoms with Gasteiger partial charge in [-0.25, -0.2) is 9.59 Å². The molecule has 0 amide bonds. The number of aromatic nitrogens is 2. The van der Waals surface area contributed by atoms with Crippen LogP contribution in [0.2, 0.25) is 0 Å². The Morgan fingerprint density at radius 3 is 2.67 bits per heavy atom. The summed E-state index contributed by atoms with van der Waals surface area (Å²) in [5.74, 6) is -0.358. The highest BCUT2D eigenvalue weighted by Gasteiger charge is 2.41. The summed E-state index contributed by atoms with van der Waals surface area (Å²) in [6.07, 6.45) is 0. The minimum Gasteiger partial charge on any atom is -0.456 e. The number of anilines is 1. The summed E-state index contributed by atoms with van der Waals surface area (Å²) in [6.45, 7) is 6.49. The molecule has 0 saturated heterocycles. The average Bonchev–Trinajstić information content (AvgIpc) is 2.98. The van der Waals surface area contributed by atoms with Crippen molar-refractivity contribution in [2.45, 2.75) is 33.2 Å². The summed E-state index contributed by atoms with van der Waals surface area (Å²) in [7, 11) is 0. The van der Waals surface area contributed by atoms with Crippen LogP contribution in [0.5, 0.6) is 0 Å². The fraction of sp³-hybridized carbons (Fsp3) is 0.350. The van der Waals surface area contributed by atoms with E-state index in [0.29, 0.717) is 29.2 Å². The number of carbonyl (C=O) groups excluding carboxylic acids is 1. The van der Waals surface area contributed by atoms with E-state index in [9.17, 15) is 14.4 Å². The van der Waals surface area contributed by atoms with Crippen molar-refractivity contribution in [3.05, 3.63) is 73.1 Å². The molecule has 1 atom stereocenters. The topological polar surface area (TPSA) is 93.2 Å². The molecule has 2 N–H and O–H groups in total. The maximum atomic E-state index is 12.8. The number of hydrogen-bond acceptors (Lipinski definition) is 5. The summed E-state index contributed by atoms with van der Waals surface area (Å²) in [6, 6.07) is 7.63. The van der Waals surface area contributed by atoms with Crippen molar-refractivity contribution >= 4 is 11.8 Å². The number of benzene rings is 1. The van der Waals surface area contributed by atoms with Gasteiger partial charge in [0.2, 0.25) is 0 Å². The number of aromatic amines is 1. The van der Waals surface area contributed by atoms with Crippen molar-refractivity contribution in [3.8, 4) is 0 Å². The number of hydrogen-bond donors (Lipinski definition) is 2. The van der Waals surface area contributed by atoms with Crippen LogP contribution in [0.1, 0.15) is 36.5 Å². The van der Waals surface area contributed by atoms with E-state index in [0.717, 1.165) is 11.1 Å². The van der Waals surface area contributed by atoms with Gasteiger partial charge in [0.05, 0.1) is 22.8 Å². The Kier molecular flexibility index (Phi) is 4.02. The van der Waals surface area contributed by atoms with Gasteiger partial charge >= 0.3 is 11.7 Å². The summed E-state index contributed by atoms with van der Waals surface area (Å²) < 4.78 is 6.78. The predicted molar refractivity (Wildman–Crippen MR) is 101 cm³/mol. The van der Waals surface area contributed by atoms with E-state index in [1.54, 1.807) is 4.57 Å². The van der Waals surface area contributed by atoms with Gasteiger partial charge in [0, 0.05) is 6.54 Å². The lowest BCUT2D eigenvalue weighted by atomic mass is 9.81. The molecule has 2 aromatic rings. The number of nitrogens with one attached hydrogen (secondary N) is 2.